The number of hydrogen-bond acceptors (Lipinski definition) is 4. The van der Waals surface area contributed by atoms with Crippen molar-refractivity contribution in [2.45, 2.75) is 71.1 Å². The van der Waals surface area contributed by atoms with Gasteiger partial charge in [-0.25, -0.2) is 0 Å². The molecule has 3 aliphatic rings. The van der Waals surface area contributed by atoms with Crippen molar-refractivity contribution in [3.05, 3.63) is 23.3 Å². The second kappa shape index (κ2) is 7.70. The molecule has 2 aliphatic carbocycles. The summed E-state index contributed by atoms with van der Waals surface area (Å²) >= 11 is 0. The number of amides is 1. The largest absolute Gasteiger partial charge is 0.494 e. The standard InChI is InChI=1S/C22H32N2O3/c1-3-26-19-10-16-7-13(2)27-20(16)11-18(19)12-24-22(25)17-8-14-5-4-6-15(9-17)21(14)23/h10-11,13-15,17,21H,3-9,12,23H2,1-2H3,(H,24,25). The molecule has 1 aliphatic heterocycles. The summed E-state index contributed by atoms with van der Waals surface area (Å²) in [7, 11) is 0. The van der Waals surface area contributed by atoms with Crippen LogP contribution in [0, 0.1) is 17.8 Å². The zero-order valence-electron chi connectivity index (χ0n) is 16.5. The molecule has 1 amide bonds. The smallest absolute Gasteiger partial charge is 0.223 e. The molecule has 5 nitrogen and oxygen atoms in total. The molecule has 1 heterocycles. The summed E-state index contributed by atoms with van der Waals surface area (Å²) in [6.07, 6.45) is 6.60. The third-order valence-corrected chi connectivity index (χ3v) is 6.62. The van der Waals surface area contributed by atoms with E-state index >= 15 is 0 Å². The molecular formula is C22H32N2O3. The first-order chi connectivity index (χ1) is 13.0. The lowest BCUT2D eigenvalue weighted by molar-refractivity contribution is -0.128. The van der Waals surface area contributed by atoms with Crippen LogP contribution in [0.3, 0.4) is 0 Å². The van der Waals surface area contributed by atoms with Gasteiger partial charge in [0.2, 0.25) is 5.91 Å². The number of carbonyl (C=O) groups excluding carboxylic acids is 1. The van der Waals surface area contributed by atoms with Crippen LogP contribution >= 0.6 is 0 Å². The van der Waals surface area contributed by atoms with Gasteiger partial charge >= 0.3 is 0 Å². The fourth-order valence-electron chi connectivity index (χ4n) is 5.24. The highest BCUT2D eigenvalue weighted by Gasteiger charge is 2.40. The van der Waals surface area contributed by atoms with Gasteiger partial charge in [-0.05, 0) is 63.5 Å². The predicted molar refractivity (Wildman–Crippen MR) is 105 cm³/mol. The van der Waals surface area contributed by atoms with Gasteiger partial charge in [-0.2, -0.15) is 0 Å². The molecule has 3 unspecified atom stereocenters. The van der Waals surface area contributed by atoms with Crippen molar-refractivity contribution in [3.8, 4) is 11.5 Å². The van der Waals surface area contributed by atoms with Gasteiger partial charge in [-0.1, -0.05) is 6.42 Å². The van der Waals surface area contributed by atoms with E-state index in [4.69, 9.17) is 15.2 Å². The molecule has 27 heavy (non-hydrogen) atoms. The zero-order valence-corrected chi connectivity index (χ0v) is 16.5. The fourth-order valence-corrected chi connectivity index (χ4v) is 5.24. The minimum atomic E-state index is 0.0985. The SMILES string of the molecule is CCOc1cc2c(cc1CNC(=O)C1CC3CCCC(C1)C3N)OC(C)C2. The van der Waals surface area contributed by atoms with Gasteiger partial charge in [-0.15, -0.1) is 0 Å². The number of benzene rings is 1. The molecule has 2 saturated carbocycles. The Bertz CT molecular complexity index is 691. The number of fused-ring (bicyclic) bond motifs is 3. The number of rotatable bonds is 5. The van der Waals surface area contributed by atoms with Crippen molar-refractivity contribution in [2.24, 2.45) is 23.5 Å². The molecule has 5 heteroatoms. The Kier molecular flexibility index (Phi) is 5.31. The van der Waals surface area contributed by atoms with E-state index in [1.807, 2.05) is 13.0 Å². The molecule has 148 valence electrons. The van der Waals surface area contributed by atoms with E-state index < -0.39 is 0 Å². The maximum Gasteiger partial charge on any atom is 0.223 e. The summed E-state index contributed by atoms with van der Waals surface area (Å²) in [4.78, 5) is 12.8. The van der Waals surface area contributed by atoms with E-state index in [1.54, 1.807) is 0 Å². The Morgan fingerprint density at radius 2 is 2.04 bits per heavy atom. The molecule has 0 aromatic heterocycles. The monoisotopic (exact) mass is 372 g/mol. The number of ether oxygens (including phenoxy) is 2. The predicted octanol–water partition coefficient (Wildman–Crippen LogP) is 3.18. The summed E-state index contributed by atoms with van der Waals surface area (Å²) < 4.78 is 11.7. The molecule has 0 spiro atoms. The molecule has 0 saturated heterocycles. The minimum Gasteiger partial charge on any atom is -0.494 e. The maximum absolute atomic E-state index is 12.8. The normalized spacial score (nSPS) is 31.7. The van der Waals surface area contributed by atoms with E-state index in [-0.39, 0.29) is 17.9 Å². The average molecular weight is 373 g/mol. The lowest BCUT2D eigenvalue weighted by Gasteiger charge is -2.43. The van der Waals surface area contributed by atoms with E-state index in [0.29, 0.717) is 31.0 Å². The van der Waals surface area contributed by atoms with E-state index in [9.17, 15) is 4.79 Å². The Hall–Kier alpha value is -1.75. The number of nitrogens with two attached hydrogens (primary N) is 1. The van der Waals surface area contributed by atoms with Crippen molar-refractivity contribution in [1.82, 2.24) is 5.32 Å². The lowest BCUT2D eigenvalue weighted by Crippen LogP contribution is -2.49. The van der Waals surface area contributed by atoms with Crippen LogP contribution in [-0.2, 0) is 17.8 Å². The van der Waals surface area contributed by atoms with Gasteiger partial charge < -0.3 is 20.5 Å². The highest BCUT2D eigenvalue weighted by molar-refractivity contribution is 5.79. The van der Waals surface area contributed by atoms with E-state index in [1.165, 1.54) is 24.8 Å². The van der Waals surface area contributed by atoms with Gasteiger partial charge in [0.05, 0.1) is 6.61 Å². The highest BCUT2D eigenvalue weighted by Crippen LogP contribution is 2.42. The van der Waals surface area contributed by atoms with Gasteiger partial charge in [0.15, 0.2) is 0 Å². The van der Waals surface area contributed by atoms with Crippen molar-refractivity contribution in [1.29, 1.82) is 0 Å². The van der Waals surface area contributed by atoms with Crippen LogP contribution in [-0.4, -0.2) is 24.7 Å². The van der Waals surface area contributed by atoms with Crippen LogP contribution in [0.2, 0.25) is 0 Å². The van der Waals surface area contributed by atoms with Crippen LogP contribution in [0.1, 0.15) is 57.1 Å². The summed E-state index contributed by atoms with van der Waals surface area (Å²) in [5.74, 6) is 3.08. The van der Waals surface area contributed by atoms with Crippen LogP contribution in [0.5, 0.6) is 11.5 Å². The first-order valence-corrected chi connectivity index (χ1v) is 10.5. The van der Waals surface area contributed by atoms with Crippen LogP contribution in [0.15, 0.2) is 12.1 Å². The fraction of sp³-hybridized carbons (Fsp3) is 0.682. The molecule has 1 aromatic carbocycles. The van der Waals surface area contributed by atoms with E-state index in [2.05, 4.69) is 18.3 Å². The van der Waals surface area contributed by atoms with Gasteiger partial charge in [0, 0.05) is 36.1 Å². The minimum absolute atomic E-state index is 0.0985. The van der Waals surface area contributed by atoms with Gasteiger partial charge in [0.1, 0.15) is 17.6 Å². The maximum atomic E-state index is 12.8. The second-order valence-electron chi connectivity index (χ2n) is 8.55. The molecule has 2 fully saturated rings. The Morgan fingerprint density at radius 3 is 2.74 bits per heavy atom. The lowest BCUT2D eigenvalue weighted by atomic mass is 9.65. The molecule has 3 N–H and O–H groups in total. The molecule has 0 radical (unpaired) electrons. The molecule has 3 atom stereocenters. The summed E-state index contributed by atoms with van der Waals surface area (Å²) in [6.45, 7) is 5.16. The third-order valence-electron chi connectivity index (χ3n) is 6.62. The quantitative estimate of drug-likeness (QED) is 0.833. The van der Waals surface area contributed by atoms with Crippen molar-refractivity contribution in [2.75, 3.05) is 6.61 Å². The second-order valence-corrected chi connectivity index (χ2v) is 8.55. The third kappa shape index (κ3) is 3.79. The number of carbonyl (C=O) groups is 1. The first-order valence-electron chi connectivity index (χ1n) is 10.5. The molecule has 1 aromatic rings. The average Bonchev–Trinajstić information content (AvgIpc) is 2.98. The Balaban J connectivity index is 1.42. The van der Waals surface area contributed by atoms with Crippen molar-refractivity contribution >= 4 is 5.91 Å². The van der Waals surface area contributed by atoms with Gasteiger partial charge in [-0.3, -0.25) is 4.79 Å². The molecule has 2 bridgehead atoms. The topological polar surface area (TPSA) is 73.6 Å². The summed E-state index contributed by atoms with van der Waals surface area (Å²) in [5, 5.41) is 3.16. The Labute approximate surface area is 162 Å². The number of hydrogen-bond donors (Lipinski definition) is 2. The zero-order chi connectivity index (χ0) is 19.0. The van der Waals surface area contributed by atoms with Gasteiger partial charge in [0.25, 0.3) is 0 Å². The van der Waals surface area contributed by atoms with Crippen molar-refractivity contribution < 1.29 is 14.3 Å². The van der Waals surface area contributed by atoms with E-state index in [0.717, 1.165) is 36.3 Å². The highest BCUT2D eigenvalue weighted by atomic mass is 16.5. The van der Waals surface area contributed by atoms with Crippen molar-refractivity contribution in [3.63, 3.8) is 0 Å². The summed E-state index contributed by atoms with van der Waals surface area (Å²) in [6, 6.07) is 4.41. The molecular weight excluding hydrogens is 340 g/mol. The number of nitrogens with one attached hydrogen (secondary N) is 1. The van der Waals surface area contributed by atoms with Crippen LogP contribution in [0.4, 0.5) is 0 Å². The Morgan fingerprint density at radius 1 is 1.30 bits per heavy atom. The first kappa shape index (κ1) is 18.6. The van der Waals surface area contributed by atoms with Crippen LogP contribution in [0.25, 0.3) is 0 Å². The van der Waals surface area contributed by atoms with Crippen LogP contribution < -0.4 is 20.5 Å². The molecule has 4 rings (SSSR count). The summed E-state index contributed by atoms with van der Waals surface area (Å²) in [5.41, 5.74) is 8.55.